The summed E-state index contributed by atoms with van der Waals surface area (Å²) in [5.74, 6) is 0.576. The number of para-hydroxylation sites is 1. The van der Waals surface area contributed by atoms with E-state index in [-0.39, 0.29) is 12.5 Å². The van der Waals surface area contributed by atoms with Gasteiger partial charge in [-0.25, -0.2) is 0 Å². The molecule has 0 aliphatic heterocycles. The number of hydrogen-bond donors (Lipinski definition) is 1. The molecule has 0 spiro atoms. The third-order valence-electron chi connectivity index (χ3n) is 3.12. The van der Waals surface area contributed by atoms with Crippen molar-refractivity contribution in [3.05, 3.63) is 65.7 Å². The van der Waals surface area contributed by atoms with Gasteiger partial charge >= 0.3 is 0 Å². The van der Waals surface area contributed by atoms with E-state index in [1.807, 2.05) is 56.6 Å². The molecule has 0 aromatic heterocycles. The fraction of sp³-hybridized carbons (Fsp3) is 0.278. The number of rotatable bonds is 7. The summed E-state index contributed by atoms with van der Waals surface area (Å²) in [6.45, 7) is 1.46. The number of carbonyl (C=O) groups excluding carboxylic acids is 1. The Hall–Kier alpha value is -2.33. The normalized spacial score (nSPS) is 10.5. The molecular weight excluding hydrogens is 276 g/mol. The molecule has 0 unspecified atom stereocenters. The molecule has 0 heterocycles. The molecule has 0 atom stereocenters. The van der Waals surface area contributed by atoms with E-state index in [0.717, 1.165) is 12.1 Å². The molecule has 1 N–H and O–H groups in total. The van der Waals surface area contributed by atoms with Crippen LogP contribution in [0.5, 0.6) is 5.75 Å². The fourth-order valence-electron chi connectivity index (χ4n) is 2.04. The van der Waals surface area contributed by atoms with Gasteiger partial charge in [0.1, 0.15) is 5.75 Å². The number of nitrogens with zero attached hydrogens (tertiary/aromatic N) is 1. The first-order valence-electron chi connectivity index (χ1n) is 7.30. The Bertz CT molecular complexity index is 580. The molecule has 0 fully saturated rings. The van der Waals surface area contributed by atoms with E-state index in [0.29, 0.717) is 12.3 Å². The maximum absolute atomic E-state index is 11.8. The zero-order valence-electron chi connectivity index (χ0n) is 13.1. The lowest BCUT2D eigenvalue weighted by Crippen LogP contribution is -2.28. The maximum Gasteiger partial charge on any atom is 0.258 e. The monoisotopic (exact) mass is 298 g/mol. The zero-order valence-corrected chi connectivity index (χ0v) is 13.1. The minimum Gasteiger partial charge on any atom is -0.484 e. The SMILES string of the molecule is CN(C)Cc1ccc(CNC(=O)COc2ccccc2)cc1. The Balaban J connectivity index is 1.74. The molecule has 116 valence electrons. The van der Waals surface area contributed by atoms with Gasteiger partial charge in [-0.15, -0.1) is 0 Å². The molecule has 2 rings (SSSR count). The van der Waals surface area contributed by atoms with Gasteiger partial charge in [-0.05, 0) is 37.4 Å². The van der Waals surface area contributed by atoms with E-state index in [4.69, 9.17) is 4.74 Å². The molecule has 22 heavy (non-hydrogen) atoms. The van der Waals surface area contributed by atoms with Crippen LogP contribution in [0, 0.1) is 0 Å². The minimum atomic E-state index is -0.124. The van der Waals surface area contributed by atoms with Crippen molar-refractivity contribution in [3.8, 4) is 5.75 Å². The zero-order chi connectivity index (χ0) is 15.8. The molecule has 4 nitrogen and oxygen atoms in total. The van der Waals surface area contributed by atoms with Crippen LogP contribution in [-0.2, 0) is 17.9 Å². The molecule has 0 bridgehead atoms. The first kappa shape index (κ1) is 16.0. The van der Waals surface area contributed by atoms with Gasteiger partial charge in [0.25, 0.3) is 5.91 Å². The van der Waals surface area contributed by atoms with E-state index in [9.17, 15) is 4.79 Å². The first-order valence-corrected chi connectivity index (χ1v) is 7.30. The molecule has 0 saturated carbocycles. The van der Waals surface area contributed by atoms with Crippen molar-refractivity contribution in [2.45, 2.75) is 13.1 Å². The first-order chi connectivity index (χ1) is 10.6. The van der Waals surface area contributed by atoms with Crippen molar-refractivity contribution < 1.29 is 9.53 Å². The predicted molar refractivity (Wildman–Crippen MR) is 87.6 cm³/mol. The Morgan fingerprint density at radius 3 is 2.27 bits per heavy atom. The van der Waals surface area contributed by atoms with Crippen LogP contribution < -0.4 is 10.1 Å². The third kappa shape index (κ3) is 5.58. The number of amides is 1. The van der Waals surface area contributed by atoms with Gasteiger partial charge in [0, 0.05) is 13.1 Å². The molecule has 4 heteroatoms. The van der Waals surface area contributed by atoms with Crippen LogP contribution in [0.25, 0.3) is 0 Å². The largest absolute Gasteiger partial charge is 0.484 e. The van der Waals surface area contributed by atoms with Crippen molar-refractivity contribution in [1.29, 1.82) is 0 Å². The highest BCUT2D eigenvalue weighted by Gasteiger charge is 2.03. The van der Waals surface area contributed by atoms with Crippen molar-refractivity contribution in [1.82, 2.24) is 10.2 Å². The maximum atomic E-state index is 11.8. The Kier molecular flexibility index (Phi) is 5.98. The van der Waals surface area contributed by atoms with Gasteiger partial charge < -0.3 is 15.0 Å². The van der Waals surface area contributed by atoms with Crippen molar-refractivity contribution >= 4 is 5.91 Å². The standard InChI is InChI=1S/C18H22N2O2/c1-20(2)13-16-10-8-15(9-11-16)12-19-18(21)14-22-17-6-4-3-5-7-17/h3-11H,12-14H2,1-2H3,(H,19,21). The molecule has 0 saturated heterocycles. The minimum absolute atomic E-state index is 0.0305. The van der Waals surface area contributed by atoms with Crippen LogP contribution in [-0.4, -0.2) is 31.5 Å². The van der Waals surface area contributed by atoms with Crippen LogP contribution in [0.15, 0.2) is 54.6 Å². The van der Waals surface area contributed by atoms with E-state index in [1.54, 1.807) is 0 Å². The van der Waals surface area contributed by atoms with Crippen LogP contribution >= 0.6 is 0 Å². The highest BCUT2D eigenvalue weighted by atomic mass is 16.5. The van der Waals surface area contributed by atoms with Crippen molar-refractivity contribution in [2.24, 2.45) is 0 Å². The van der Waals surface area contributed by atoms with Crippen LogP contribution in [0.3, 0.4) is 0 Å². The summed E-state index contributed by atoms with van der Waals surface area (Å²) in [4.78, 5) is 13.9. The van der Waals surface area contributed by atoms with Gasteiger partial charge in [-0.2, -0.15) is 0 Å². The van der Waals surface area contributed by atoms with E-state index in [1.165, 1.54) is 5.56 Å². The van der Waals surface area contributed by atoms with Crippen LogP contribution in [0.4, 0.5) is 0 Å². The molecule has 0 aliphatic rings. The lowest BCUT2D eigenvalue weighted by molar-refractivity contribution is -0.123. The van der Waals surface area contributed by atoms with E-state index in [2.05, 4.69) is 22.3 Å². The predicted octanol–water partition coefficient (Wildman–Crippen LogP) is 2.44. The summed E-state index contributed by atoms with van der Waals surface area (Å²) in [5, 5.41) is 2.86. The molecule has 0 radical (unpaired) electrons. The number of ether oxygens (including phenoxy) is 1. The highest BCUT2D eigenvalue weighted by Crippen LogP contribution is 2.08. The molecule has 1 amide bonds. The van der Waals surface area contributed by atoms with E-state index >= 15 is 0 Å². The summed E-state index contributed by atoms with van der Waals surface area (Å²) >= 11 is 0. The molecule has 2 aromatic carbocycles. The average molecular weight is 298 g/mol. The highest BCUT2D eigenvalue weighted by molar-refractivity contribution is 5.77. The second-order valence-corrected chi connectivity index (χ2v) is 5.43. The number of benzene rings is 2. The third-order valence-corrected chi connectivity index (χ3v) is 3.12. The topological polar surface area (TPSA) is 41.6 Å². The summed E-state index contributed by atoms with van der Waals surface area (Å²) < 4.78 is 5.40. The summed E-state index contributed by atoms with van der Waals surface area (Å²) in [7, 11) is 4.09. The number of carbonyl (C=O) groups is 1. The lowest BCUT2D eigenvalue weighted by atomic mass is 10.1. The Morgan fingerprint density at radius 1 is 1.00 bits per heavy atom. The quantitative estimate of drug-likeness (QED) is 0.853. The van der Waals surface area contributed by atoms with Crippen LogP contribution in [0.2, 0.25) is 0 Å². The van der Waals surface area contributed by atoms with Gasteiger partial charge in [0.2, 0.25) is 0 Å². The number of nitrogens with one attached hydrogen (secondary N) is 1. The molecule has 0 aliphatic carbocycles. The van der Waals surface area contributed by atoms with Crippen molar-refractivity contribution in [3.63, 3.8) is 0 Å². The number of hydrogen-bond acceptors (Lipinski definition) is 3. The lowest BCUT2D eigenvalue weighted by Gasteiger charge is -2.11. The van der Waals surface area contributed by atoms with Gasteiger partial charge in [-0.1, -0.05) is 42.5 Å². The van der Waals surface area contributed by atoms with Gasteiger partial charge in [0.15, 0.2) is 6.61 Å². The summed E-state index contributed by atoms with van der Waals surface area (Å²) in [6, 6.07) is 17.6. The second kappa shape index (κ2) is 8.20. The average Bonchev–Trinajstić information content (AvgIpc) is 2.53. The fourth-order valence-corrected chi connectivity index (χ4v) is 2.04. The van der Waals surface area contributed by atoms with E-state index < -0.39 is 0 Å². The summed E-state index contributed by atoms with van der Waals surface area (Å²) in [5.41, 5.74) is 2.34. The Morgan fingerprint density at radius 2 is 1.64 bits per heavy atom. The molecule has 2 aromatic rings. The molecular formula is C18H22N2O2. The van der Waals surface area contributed by atoms with Crippen molar-refractivity contribution in [2.75, 3.05) is 20.7 Å². The summed E-state index contributed by atoms with van der Waals surface area (Å²) in [6.07, 6.45) is 0. The van der Waals surface area contributed by atoms with Gasteiger partial charge in [0.05, 0.1) is 0 Å². The second-order valence-electron chi connectivity index (χ2n) is 5.43. The van der Waals surface area contributed by atoms with Crippen LogP contribution in [0.1, 0.15) is 11.1 Å². The smallest absolute Gasteiger partial charge is 0.258 e. The Labute approximate surface area is 131 Å². The van der Waals surface area contributed by atoms with Gasteiger partial charge in [-0.3, -0.25) is 4.79 Å².